The summed E-state index contributed by atoms with van der Waals surface area (Å²) < 4.78 is 40.8. The van der Waals surface area contributed by atoms with Crippen LogP contribution in [0.4, 0.5) is 10.1 Å². The Bertz CT molecular complexity index is 614. The first-order valence-corrected chi connectivity index (χ1v) is 8.90. The molecule has 0 aromatic heterocycles. The second-order valence-corrected chi connectivity index (χ2v) is 7.96. The smallest absolute Gasteiger partial charge is 0.243 e. The largest absolute Gasteiger partial charge is 0.396 e. The maximum Gasteiger partial charge on any atom is 0.243 e. The summed E-state index contributed by atoms with van der Waals surface area (Å²) in [6.45, 7) is 2.52. The van der Waals surface area contributed by atoms with Crippen LogP contribution in [-0.2, 0) is 10.0 Å². The number of hydrogen-bond donors (Lipinski definition) is 2. The molecule has 1 aromatic rings. The summed E-state index contributed by atoms with van der Waals surface area (Å²) in [6.07, 6.45) is 4.18. The van der Waals surface area contributed by atoms with Crippen molar-refractivity contribution in [2.45, 2.75) is 37.5 Å². The molecule has 0 atom stereocenters. The molecule has 7 heteroatoms. The Hall–Kier alpha value is -0.850. The second-order valence-electron chi connectivity index (χ2n) is 5.78. The van der Waals surface area contributed by atoms with Crippen molar-refractivity contribution in [2.75, 3.05) is 12.3 Å². The molecule has 0 radical (unpaired) electrons. The van der Waals surface area contributed by atoms with Crippen LogP contribution < -0.4 is 10.5 Å². The van der Waals surface area contributed by atoms with Gasteiger partial charge in [-0.05, 0) is 36.8 Å². The summed E-state index contributed by atoms with van der Waals surface area (Å²) in [4.78, 5) is -0.489. The van der Waals surface area contributed by atoms with E-state index in [0.717, 1.165) is 31.7 Å². The van der Waals surface area contributed by atoms with Crippen molar-refractivity contribution in [1.82, 2.24) is 4.72 Å². The summed E-state index contributed by atoms with van der Waals surface area (Å²) >= 11 is 5.75. The average Bonchev–Trinajstić information content (AvgIpc) is 2.42. The van der Waals surface area contributed by atoms with Crippen LogP contribution in [0.1, 0.15) is 32.6 Å². The van der Waals surface area contributed by atoms with Gasteiger partial charge in [-0.1, -0.05) is 31.4 Å². The molecule has 118 valence electrons. The number of nitrogens with two attached hydrogens (primary N) is 1. The minimum atomic E-state index is -3.94. The molecule has 0 saturated heterocycles. The van der Waals surface area contributed by atoms with Gasteiger partial charge >= 0.3 is 0 Å². The van der Waals surface area contributed by atoms with Gasteiger partial charge in [-0.3, -0.25) is 0 Å². The third-order valence-corrected chi connectivity index (χ3v) is 5.66. The molecule has 1 fully saturated rings. The van der Waals surface area contributed by atoms with Gasteiger partial charge in [-0.15, -0.1) is 0 Å². The zero-order chi connectivity index (χ0) is 15.6. The van der Waals surface area contributed by atoms with Crippen molar-refractivity contribution in [3.8, 4) is 0 Å². The van der Waals surface area contributed by atoms with E-state index in [-0.39, 0.29) is 10.7 Å². The van der Waals surface area contributed by atoms with Gasteiger partial charge in [-0.2, -0.15) is 0 Å². The molecule has 1 aromatic carbocycles. The summed E-state index contributed by atoms with van der Waals surface area (Å²) in [5.74, 6) is 0.0442. The SMILES string of the molecule is CC1CCC(CNS(=O)(=O)c2cc(Cl)cc(N)c2F)CC1. The summed E-state index contributed by atoms with van der Waals surface area (Å²) in [5.41, 5.74) is 5.15. The van der Waals surface area contributed by atoms with Gasteiger partial charge in [0.15, 0.2) is 5.82 Å². The number of benzene rings is 1. The van der Waals surface area contributed by atoms with Crippen LogP contribution in [0.2, 0.25) is 5.02 Å². The van der Waals surface area contributed by atoms with Gasteiger partial charge in [0, 0.05) is 11.6 Å². The zero-order valence-corrected chi connectivity index (χ0v) is 13.5. The highest BCUT2D eigenvalue weighted by Gasteiger charge is 2.24. The van der Waals surface area contributed by atoms with Crippen molar-refractivity contribution in [1.29, 1.82) is 0 Å². The molecule has 1 saturated carbocycles. The van der Waals surface area contributed by atoms with Gasteiger partial charge in [0.05, 0.1) is 5.69 Å². The molecular formula is C14H20ClFN2O2S. The van der Waals surface area contributed by atoms with Gasteiger partial charge in [0.1, 0.15) is 4.90 Å². The summed E-state index contributed by atoms with van der Waals surface area (Å²) in [7, 11) is -3.94. The minimum absolute atomic E-state index is 0.0979. The van der Waals surface area contributed by atoms with E-state index in [1.54, 1.807) is 0 Å². The zero-order valence-electron chi connectivity index (χ0n) is 11.9. The Balaban J connectivity index is 2.09. The molecule has 0 amide bonds. The number of sulfonamides is 1. The van der Waals surface area contributed by atoms with Crippen LogP contribution >= 0.6 is 11.6 Å². The quantitative estimate of drug-likeness (QED) is 0.831. The van der Waals surface area contributed by atoms with Crippen LogP contribution in [0.25, 0.3) is 0 Å². The standard InChI is InChI=1S/C14H20ClFN2O2S/c1-9-2-4-10(5-3-9)8-18-21(19,20)13-7-11(15)6-12(17)14(13)16/h6-7,9-10,18H,2-5,8,17H2,1H3. The van der Waals surface area contributed by atoms with Crippen molar-refractivity contribution in [3.05, 3.63) is 23.0 Å². The Morgan fingerprint density at radius 1 is 1.33 bits per heavy atom. The third kappa shape index (κ3) is 4.08. The molecule has 21 heavy (non-hydrogen) atoms. The number of nitrogens with one attached hydrogen (secondary N) is 1. The van der Waals surface area contributed by atoms with Crippen molar-refractivity contribution in [2.24, 2.45) is 11.8 Å². The van der Waals surface area contributed by atoms with Crippen molar-refractivity contribution in [3.63, 3.8) is 0 Å². The number of nitrogen functional groups attached to an aromatic ring is 1. The fraction of sp³-hybridized carbons (Fsp3) is 0.571. The lowest BCUT2D eigenvalue weighted by molar-refractivity contribution is 0.290. The first-order valence-electron chi connectivity index (χ1n) is 7.04. The highest BCUT2D eigenvalue weighted by molar-refractivity contribution is 7.89. The Labute approximate surface area is 129 Å². The van der Waals surface area contributed by atoms with Crippen LogP contribution in [0.3, 0.4) is 0 Å². The third-order valence-electron chi connectivity index (χ3n) is 4.02. The monoisotopic (exact) mass is 334 g/mol. The normalized spacial score (nSPS) is 23.2. The molecule has 3 N–H and O–H groups in total. The van der Waals surface area contributed by atoms with E-state index in [2.05, 4.69) is 11.6 Å². The van der Waals surface area contributed by atoms with E-state index in [4.69, 9.17) is 17.3 Å². The lowest BCUT2D eigenvalue weighted by Gasteiger charge is -2.26. The topological polar surface area (TPSA) is 72.2 Å². The highest BCUT2D eigenvalue weighted by Crippen LogP contribution is 2.29. The summed E-state index contributed by atoms with van der Waals surface area (Å²) in [6, 6.07) is 2.27. The highest BCUT2D eigenvalue weighted by atomic mass is 35.5. The molecule has 1 aliphatic rings. The molecule has 0 bridgehead atoms. The average molecular weight is 335 g/mol. The predicted molar refractivity (Wildman–Crippen MR) is 82.1 cm³/mol. The fourth-order valence-electron chi connectivity index (χ4n) is 2.62. The van der Waals surface area contributed by atoms with Crippen LogP contribution in [-0.4, -0.2) is 15.0 Å². The Morgan fingerprint density at radius 2 is 1.95 bits per heavy atom. The lowest BCUT2D eigenvalue weighted by atomic mass is 9.83. The molecular weight excluding hydrogens is 315 g/mol. The first-order chi connectivity index (χ1) is 9.79. The minimum Gasteiger partial charge on any atom is -0.396 e. The molecule has 0 aliphatic heterocycles. The van der Waals surface area contributed by atoms with Crippen molar-refractivity contribution < 1.29 is 12.8 Å². The number of anilines is 1. The van der Waals surface area contributed by atoms with Gasteiger partial charge in [0.2, 0.25) is 10.0 Å². The first kappa shape index (κ1) is 16.5. The molecule has 1 aliphatic carbocycles. The van der Waals surface area contributed by atoms with E-state index in [9.17, 15) is 12.8 Å². The lowest BCUT2D eigenvalue weighted by Crippen LogP contribution is -2.31. The predicted octanol–water partition coefficient (Wildman–Crippen LogP) is 3.17. The van der Waals surface area contributed by atoms with E-state index in [0.29, 0.717) is 18.4 Å². The van der Waals surface area contributed by atoms with Crippen LogP contribution in [0.15, 0.2) is 17.0 Å². The van der Waals surface area contributed by atoms with Gasteiger partial charge in [-0.25, -0.2) is 17.5 Å². The number of hydrogen-bond acceptors (Lipinski definition) is 3. The van der Waals surface area contributed by atoms with E-state index < -0.39 is 20.7 Å². The van der Waals surface area contributed by atoms with E-state index >= 15 is 0 Å². The van der Waals surface area contributed by atoms with Gasteiger partial charge in [0.25, 0.3) is 0 Å². The number of halogens is 2. The van der Waals surface area contributed by atoms with Crippen LogP contribution in [0, 0.1) is 17.7 Å². The molecule has 2 rings (SSSR count). The molecule has 0 spiro atoms. The maximum atomic E-state index is 13.9. The molecule has 0 heterocycles. The van der Waals surface area contributed by atoms with Crippen molar-refractivity contribution >= 4 is 27.3 Å². The molecule has 0 unspecified atom stereocenters. The van der Waals surface area contributed by atoms with E-state index in [1.807, 2.05) is 0 Å². The molecule has 4 nitrogen and oxygen atoms in total. The second kappa shape index (κ2) is 6.50. The number of rotatable bonds is 4. The van der Waals surface area contributed by atoms with Gasteiger partial charge < -0.3 is 5.73 Å². The Morgan fingerprint density at radius 3 is 2.57 bits per heavy atom. The maximum absolute atomic E-state index is 13.9. The summed E-state index contributed by atoms with van der Waals surface area (Å²) in [5, 5.41) is 0.0979. The fourth-order valence-corrected chi connectivity index (χ4v) is 4.16. The Kier molecular flexibility index (Phi) is 5.11. The van der Waals surface area contributed by atoms with Crippen LogP contribution in [0.5, 0.6) is 0 Å². The van der Waals surface area contributed by atoms with E-state index in [1.165, 1.54) is 6.07 Å².